The van der Waals surface area contributed by atoms with Crippen molar-refractivity contribution in [1.82, 2.24) is 4.90 Å². The third-order valence-corrected chi connectivity index (χ3v) is 1.34. The minimum atomic E-state index is -0.284. The quantitative estimate of drug-likeness (QED) is 0.493. The van der Waals surface area contributed by atoms with Gasteiger partial charge in [-0.05, 0) is 18.6 Å². The van der Waals surface area contributed by atoms with Gasteiger partial charge in [0.05, 0.1) is 0 Å². The van der Waals surface area contributed by atoms with Crippen LogP contribution in [0.4, 0.5) is 0 Å². The van der Waals surface area contributed by atoms with E-state index < -0.39 is 0 Å². The molecular formula is C7H9N3. The zero-order valence-corrected chi connectivity index (χ0v) is 5.78. The van der Waals surface area contributed by atoms with Crippen LogP contribution in [0.2, 0.25) is 0 Å². The monoisotopic (exact) mass is 135 g/mol. The maximum atomic E-state index is 8.50. The number of allylic oxidation sites excluding steroid dienone is 2. The lowest BCUT2D eigenvalue weighted by Gasteiger charge is -2.19. The molecule has 0 spiro atoms. The van der Waals surface area contributed by atoms with Crippen molar-refractivity contribution in [1.29, 1.82) is 5.26 Å². The summed E-state index contributed by atoms with van der Waals surface area (Å²) in [5, 5.41) is 8.50. The van der Waals surface area contributed by atoms with Gasteiger partial charge in [0, 0.05) is 6.20 Å². The highest BCUT2D eigenvalue weighted by molar-refractivity contribution is 5.23. The molecule has 1 heterocycles. The number of hydrogen-bond donors (Lipinski definition) is 1. The summed E-state index contributed by atoms with van der Waals surface area (Å²) in [6.07, 6.45) is 7.10. The van der Waals surface area contributed by atoms with E-state index in [1.54, 1.807) is 12.3 Å². The SMILES string of the molecule is CC1=CN(C#N)[C@H](N)C=C1. The van der Waals surface area contributed by atoms with E-state index in [9.17, 15) is 0 Å². The minimum absolute atomic E-state index is 0.284. The van der Waals surface area contributed by atoms with Gasteiger partial charge in [0.1, 0.15) is 6.17 Å². The van der Waals surface area contributed by atoms with Crippen LogP contribution >= 0.6 is 0 Å². The van der Waals surface area contributed by atoms with Crippen LogP contribution in [0.1, 0.15) is 6.92 Å². The Morgan fingerprint density at radius 1 is 1.80 bits per heavy atom. The zero-order chi connectivity index (χ0) is 7.56. The molecule has 3 heteroatoms. The van der Waals surface area contributed by atoms with Crippen LogP contribution in [0.25, 0.3) is 0 Å². The highest BCUT2D eigenvalue weighted by Gasteiger charge is 2.09. The summed E-state index contributed by atoms with van der Waals surface area (Å²) >= 11 is 0. The van der Waals surface area contributed by atoms with Gasteiger partial charge >= 0.3 is 0 Å². The largest absolute Gasteiger partial charge is 0.307 e. The van der Waals surface area contributed by atoms with Crippen LogP contribution in [0.15, 0.2) is 23.9 Å². The highest BCUT2D eigenvalue weighted by Crippen LogP contribution is 2.07. The van der Waals surface area contributed by atoms with E-state index in [1.165, 1.54) is 4.90 Å². The maximum absolute atomic E-state index is 8.50. The Hall–Kier alpha value is -1.27. The van der Waals surface area contributed by atoms with Gasteiger partial charge in [-0.25, -0.2) is 0 Å². The van der Waals surface area contributed by atoms with Crippen LogP contribution in [0.3, 0.4) is 0 Å². The van der Waals surface area contributed by atoms with E-state index in [4.69, 9.17) is 11.0 Å². The third-order valence-electron chi connectivity index (χ3n) is 1.34. The van der Waals surface area contributed by atoms with Crippen molar-refractivity contribution in [3.63, 3.8) is 0 Å². The number of nitrogens with zero attached hydrogens (tertiary/aromatic N) is 2. The molecule has 2 N–H and O–H groups in total. The molecular weight excluding hydrogens is 126 g/mol. The van der Waals surface area contributed by atoms with Gasteiger partial charge in [0.25, 0.3) is 0 Å². The van der Waals surface area contributed by atoms with E-state index in [1.807, 2.05) is 19.2 Å². The van der Waals surface area contributed by atoms with Crippen molar-refractivity contribution in [2.24, 2.45) is 5.73 Å². The molecule has 0 saturated carbocycles. The summed E-state index contributed by atoms with van der Waals surface area (Å²) in [5.74, 6) is 0. The fourth-order valence-corrected chi connectivity index (χ4v) is 0.787. The van der Waals surface area contributed by atoms with E-state index >= 15 is 0 Å². The summed E-state index contributed by atoms with van der Waals surface area (Å²) < 4.78 is 0. The first kappa shape index (κ1) is 6.84. The molecule has 0 bridgehead atoms. The summed E-state index contributed by atoms with van der Waals surface area (Å²) in [7, 11) is 0. The normalized spacial score (nSPS) is 23.9. The summed E-state index contributed by atoms with van der Waals surface area (Å²) in [6.45, 7) is 1.92. The zero-order valence-electron chi connectivity index (χ0n) is 5.78. The molecule has 1 rings (SSSR count). The van der Waals surface area contributed by atoms with Gasteiger partial charge in [-0.3, -0.25) is 4.90 Å². The molecule has 0 amide bonds. The maximum Gasteiger partial charge on any atom is 0.185 e. The molecule has 0 aromatic carbocycles. The second-order valence-corrected chi connectivity index (χ2v) is 2.23. The molecule has 10 heavy (non-hydrogen) atoms. The highest BCUT2D eigenvalue weighted by atomic mass is 15.2. The Morgan fingerprint density at radius 3 is 3.00 bits per heavy atom. The first-order valence-electron chi connectivity index (χ1n) is 3.04. The summed E-state index contributed by atoms with van der Waals surface area (Å²) in [5.41, 5.74) is 6.57. The fourth-order valence-electron chi connectivity index (χ4n) is 0.787. The molecule has 1 atom stereocenters. The Kier molecular flexibility index (Phi) is 1.74. The Balaban J connectivity index is 2.79. The molecule has 0 radical (unpaired) electrons. The van der Waals surface area contributed by atoms with Gasteiger partial charge in [-0.2, -0.15) is 5.26 Å². The van der Waals surface area contributed by atoms with Crippen LogP contribution in [0.5, 0.6) is 0 Å². The van der Waals surface area contributed by atoms with E-state index in [0.29, 0.717) is 0 Å². The van der Waals surface area contributed by atoms with Crippen molar-refractivity contribution >= 4 is 0 Å². The molecule has 0 aromatic heterocycles. The van der Waals surface area contributed by atoms with Gasteiger partial charge in [0.15, 0.2) is 6.19 Å². The molecule has 0 unspecified atom stereocenters. The molecule has 1 aliphatic heterocycles. The number of hydrogen-bond acceptors (Lipinski definition) is 3. The third kappa shape index (κ3) is 1.17. The van der Waals surface area contributed by atoms with Crippen molar-refractivity contribution in [3.8, 4) is 6.19 Å². The van der Waals surface area contributed by atoms with Gasteiger partial charge in [0.2, 0.25) is 0 Å². The average molecular weight is 135 g/mol. The lowest BCUT2D eigenvalue weighted by molar-refractivity contribution is 0.444. The molecule has 1 aliphatic rings. The molecule has 0 saturated heterocycles. The Labute approximate surface area is 60.0 Å². The van der Waals surface area contributed by atoms with Gasteiger partial charge < -0.3 is 5.73 Å². The smallest absolute Gasteiger partial charge is 0.185 e. The van der Waals surface area contributed by atoms with Crippen LogP contribution in [-0.4, -0.2) is 11.1 Å². The second-order valence-electron chi connectivity index (χ2n) is 2.23. The number of nitrogens with two attached hydrogens (primary N) is 1. The lowest BCUT2D eigenvalue weighted by atomic mass is 10.2. The number of nitriles is 1. The average Bonchev–Trinajstić information content (AvgIpc) is 1.94. The van der Waals surface area contributed by atoms with Crippen LogP contribution in [0, 0.1) is 11.5 Å². The summed E-state index contributed by atoms with van der Waals surface area (Å²) in [6, 6.07) is 0. The van der Waals surface area contributed by atoms with Crippen molar-refractivity contribution < 1.29 is 0 Å². The molecule has 0 fully saturated rings. The topological polar surface area (TPSA) is 53.0 Å². The first-order valence-corrected chi connectivity index (χ1v) is 3.04. The summed E-state index contributed by atoms with van der Waals surface area (Å²) in [4.78, 5) is 1.41. The molecule has 3 nitrogen and oxygen atoms in total. The molecule has 0 aliphatic carbocycles. The fraction of sp³-hybridized carbons (Fsp3) is 0.286. The van der Waals surface area contributed by atoms with E-state index in [2.05, 4.69) is 0 Å². The molecule has 0 aromatic rings. The van der Waals surface area contributed by atoms with Gasteiger partial charge in [-0.1, -0.05) is 6.08 Å². The lowest BCUT2D eigenvalue weighted by Crippen LogP contribution is -2.34. The Morgan fingerprint density at radius 2 is 2.50 bits per heavy atom. The second kappa shape index (κ2) is 2.54. The Bertz CT molecular complexity index is 221. The van der Waals surface area contributed by atoms with Crippen LogP contribution in [-0.2, 0) is 0 Å². The standard InChI is InChI=1S/C7H9N3/c1-6-2-3-7(9)10(4-6)5-8/h2-4,7H,9H2,1H3/t7-/m0/s1. The van der Waals surface area contributed by atoms with E-state index in [-0.39, 0.29) is 6.17 Å². The van der Waals surface area contributed by atoms with Crippen molar-refractivity contribution in [3.05, 3.63) is 23.9 Å². The van der Waals surface area contributed by atoms with Crippen molar-refractivity contribution in [2.45, 2.75) is 13.1 Å². The number of rotatable bonds is 0. The molecule has 52 valence electrons. The first-order chi connectivity index (χ1) is 4.74. The van der Waals surface area contributed by atoms with Crippen LogP contribution < -0.4 is 5.73 Å². The predicted molar refractivity (Wildman–Crippen MR) is 38.3 cm³/mol. The van der Waals surface area contributed by atoms with Gasteiger partial charge in [-0.15, -0.1) is 0 Å². The van der Waals surface area contributed by atoms with Crippen molar-refractivity contribution in [2.75, 3.05) is 0 Å². The van der Waals surface area contributed by atoms with E-state index in [0.717, 1.165) is 5.57 Å². The minimum Gasteiger partial charge on any atom is -0.307 e. The predicted octanol–water partition coefficient (Wildman–Crippen LogP) is 0.528.